The highest BCUT2D eigenvalue weighted by Gasteiger charge is 2.19. The van der Waals surface area contributed by atoms with Crippen LogP contribution < -0.4 is 5.11 Å². The molecule has 0 aliphatic rings. The molecule has 0 heterocycles. The molecule has 5 nitrogen and oxygen atoms in total. The average Bonchev–Trinajstić information content (AvgIpc) is 1.75. The predicted molar refractivity (Wildman–Crippen MR) is 55.9 cm³/mol. The first-order valence-electron chi connectivity index (χ1n) is 4.92. The van der Waals surface area contributed by atoms with Gasteiger partial charge in [-0.2, -0.15) is 0 Å². The van der Waals surface area contributed by atoms with E-state index in [9.17, 15) is 0 Å². The van der Waals surface area contributed by atoms with Crippen LogP contribution in [-0.4, -0.2) is 60.1 Å². The largest absolute Gasteiger partial charge is 0.550 e. The maximum Gasteiger partial charge on any atom is 0.104 e. The highest BCUT2D eigenvalue weighted by molar-refractivity contribution is 5.60. The van der Waals surface area contributed by atoms with E-state index in [1.54, 1.807) is 13.8 Å². The first-order valence-corrected chi connectivity index (χ1v) is 4.92. The fraction of sp³-hybridized carbons (Fsp3) is 0.900. The second-order valence-electron chi connectivity index (χ2n) is 4.49. The van der Waals surface area contributed by atoms with Gasteiger partial charge < -0.3 is 24.6 Å². The SMILES string of the molecule is CC(=O)[O-].CC(O)C[N+](C)(C)CC(C)O. The van der Waals surface area contributed by atoms with Gasteiger partial charge in [-0.05, 0) is 20.8 Å². The molecule has 0 saturated heterocycles. The van der Waals surface area contributed by atoms with Crippen LogP contribution in [0.5, 0.6) is 0 Å². The normalized spacial score (nSPS) is 14.9. The Morgan fingerprint density at radius 2 is 1.40 bits per heavy atom. The molecule has 0 aromatic heterocycles. The molecule has 0 aromatic rings. The highest BCUT2D eigenvalue weighted by Crippen LogP contribution is 2.01. The fourth-order valence-corrected chi connectivity index (χ4v) is 1.51. The van der Waals surface area contributed by atoms with Crippen LogP contribution >= 0.6 is 0 Å². The summed E-state index contributed by atoms with van der Waals surface area (Å²) in [6.07, 6.45) is -0.604. The molecule has 15 heavy (non-hydrogen) atoms. The molecule has 0 saturated carbocycles. The molecule has 0 aliphatic heterocycles. The molecule has 0 amide bonds. The quantitative estimate of drug-likeness (QED) is 0.571. The lowest BCUT2D eigenvalue weighted by molar-refractivity contribution is -0.895. The van der Waals surface area contributed by atoms with E-state index in [1.165, 1.54) is 0 Å². The van der Waals surface area contributed by atoms with E-state index in [1.807, 2.05) is 14.1 Å². The Morgan fingerprint density at radius 1 is 1.20 bits per heavy atom. The Morgan fingerprint density at radius 3 is 1.53 bits per heavy atom. The van der Waals surface area contributed by atoms with Crippen molar-refractivity contribution in [2.24, 2.45) is 0 Å². The Hall–Kier alpha value is -0.650. The van der Waals surface area contributed by atoms with E-state index in [4.69, 9.17) is 20.1 Å². The van der Waals surface area contributed by atoms with Gasteiger partial charge in [-0.25, -0.2) is 0 Å². The molecule has 0 rings (SSSR count). The Balaban J connectivity index is 0. The molecule has 2 N–H and O–H groups in total. The minimum atomic E-state index is -1.08. The number of carboxylic acid groups (broad SMARTS) is 1. The van der Waals surface area contributed by atoms with Gasteiger partial charge in [-0.3, -0.25) is 0 Å². The summed E-state index contributed by atoms with van der Waals surface area (Å²) in [6.45, 7) is 5.87. The first kappa shape index (κ1) is 16.8. The van der Waals surface area contributed by atoms with Gasteiger partial charge >= 0.3 is 0 Å². The lowest BCUT2D eigenvalue weighted by Crippen LogP contribution is -2.48. The van der Waals surface area contributed by atoms with Crippen LogP contribution in [0.15, 0.2) is 0 Å². The van der Waals surface area contributed by atoms with Crippen LogP contribution in [0.2, 0.25) is 0 Å². The zero-order chi connectivity index (χ0) is 12.6. The van der Waals surface area contributed by atoms with Crippen LogP contribution in [0.3, 0.4) is 0 Å². The Labute approximate surface area is 91.5 Å². The molecule has 0 fully saturated rings. The number of quaternary nitrogens is 1. The van der Waals surface area contributed by atoms with Gasteiger partial charge in [0, 0.05) is 5.97 Å². The number of hydrogen-bond donors (Lipinski definition) is 2. The van der Waals surface area contributed by atoms with E-state index in [0.717, 1.165) is 6.92 Å². The van der Waals surface area contributed by atoms with Crippen molar-refractivity contribution in [3.63, 3.8) is 0 Å². The van der Waals surface area contributed by atoms with E-state index < -0.39 is 5.97 Å². The van der Waals surface area contributed by atoms with Crippen molar-refractivity contribution < 1.29 is 24.6 Å². The summed E-state index contributed by atoms with van der Waals surface area (Å²) in [5, 5.41) is 27.1. The number of rotatable bonds is 4. The molecule has 2 atom stereocenters. The van der Waals surface area contributed by atoms with Crippen LogP contribution in [0.4, 0.5) is 0 Å². The molecular formula is C10H23NO4. The molecule has 92 valence electrons. The molecule has 2 unspecified atom stereocenters. The number of hydrogen-bond acceptors (Lipinski definition) is 4. The molecule has 0 radical (unpaired) electrons. The topological polar surface area (TPSA) is 80.6 Å². The number of carbonyl (C=O) groups is 1. The maximum absolute atomic E-state index is 9.10. The zero-order valence-electron chi connectivity index (χ0n) is 10.2. The van der Waals surface area contributed by atoms with Gasteiger partial charge in [0.1, 0.15) is 25.3 Å². The standard InChI is InChI=1S/C8H20NO2.C2H4O2/c1-7(10)5-9(3,4)6-8(2)11;1-2(3)4/h7-8,10-11H,5-6H2,1-4H3;1H3,(H,3,4)/q+1;/p-1. The molecule has 0 bridgehead atoms. The summed E-state index contributed by atoms with van der Waals surface area (Å²) < 4.78 is 0.662. The van der Waals surface area contributed by atoms with E-state index in [-0.39, 0.29) is 12.2 Å². The Bertz CT molecular complexity index is 162. The minimum absolute atomic E-state index is 0.302. The van der Waals surface area contributed by atoms with E-state index in [0.29, 0.717) is 17.6 Å². The third-order valence-electron chi connectivity index (χ3n) is 1.52. The van der Waals surface area contributed by atoms with Gasteiger partial charge in [-0.1, -0.05) is 0 Å². The third-order valence-corrected chi connectivity index (χ3v) is 1.52. The zero-order valence-corrected chi connectivity index (χ0v) is 10.2. The number of carboxylic acids is 1. The summed E-state index contributed by atoms with van der Waals surface area (Å²) in [5.41, 5.74) is 0. The minimum Gasteiger partial charge on any atom is -0.550 e. The lowest BCUT2D eigenvalue weighted by Gasteiger charge is -2.31. The monoisotopic (exact) mass is 221 g/mol. The number of aliphatic hydroxyl groups excluding tert-OH is 2. The van der Waals surface area contributed by atoms with Gasteiger partial charge in [-0.15, -0.1) is 0 Å². The number of aliphatic hydroxyl groups is 2. The molecule has 0 spiro atoms. The van der Waals surface area contributed by atoms with Crippen molar-refractivity contribution >= 4 is 5.97 Å². The summed E-state index contributed by atoms with van der Waals surface area (Å²) in [7, 11) is 4.00. The average molecular weight is 221 g/mol. The molecule has 0 aromatic carbocycles. The third kappa shape index (κ3) is 19.7. The van der Waals surface area contributed by atoms with Crippen molar-refractivity contribution in [2.75, 3.05) is 27.2 Å². The predicted octanol–water partition coefficient (Wildman–Crippen LogP) is -1.42. The number of nitrogens with zero attached hydrogens (tertiary/aromatic N) is 1. The number of aliphatic carboxylic acids is 1. The van der Waals surface area contributed by atoms with Crippen molar-refractivity contribution in [3.05, 3.63) is 0 Å². The van der Waals surface area contributed by atoms with Crippen molar-refractivity contribution in [1.82, 2.24) is 0 Å². The summed E-state index contributed by atoms with van der Waals surface area (Å²) in [6, 6.07) is 0. The molecular weight excluding hydrogens is 198 g/mol. The maximum atomic E-state index is 9.10. The van der Waals surface area contributed by atoms with Gasteiger partial charge in [0.25, 0.3) is 0 Å². The van der Waals surface area contributed by atoms with Gasteiger partial charge in [0.15, 0.2) is 0 Å². The van der Waals surface area contributed by atoms with Crippen molar-refractivity contribution in [2.45, 2.75) is 33.0 Å². The van der Waals surface area contributed by atoms with Gasteiger partial charge in [0.05, 0.1) is 14.1 Å². The number of carbonyl (C=O) groups excluding carboxylic acids is 1. The van der Waals surface area contributed by atoms with Crippen LogP contribution in [0, 0.1) is 0 Å². The Kier molecular flexibility index (Phi) is 8.51. The van der Waals surface area contributed by atoms with Crippen molar-refractivity contribution in [1.29, 1.82) is 0 Å². The van der Waals surface area contributed by atoms with Gasteiger partial charge in [0.2, 0.25) is 0 Å². The summed E-state index contributed by atoms with van der Waals surface area (Å²) >= 11 is 0. The van der Waals surface area contributed by atoms with Crippen LogP contribution in [0.25, 0.3) is 0 Å². The fourth-order valence-electron chi connectivity index (χ4n) is 1.51. The second-order valence-corrected chi connectivity index (χ2v) is 4.49. The van der Waals surface area contributed by atoms with Crippen LogP contribution in [0.1, 0.15) is 20.8 Å². The second kappa shape index (κ2) is 7.62. The smallest absolute Gasteiger partial charge is 0.104 e. The van der Waals surface area contributed by atoms with E-state index >= 15 is 0 Å². The van der Waals surface area contributed by atoms with Crippen molar-refractivity contribution in [3.8, 4) is 0 Å². The number of likely N-dealkylation sites (N-methyl/N-ethyl adjacent to an activating group) is 1. The molecule has 5 heteroatoms. The lowest BCUT2D eigenvalue weighted by atomic mass is 10.3. The summed E-state index contributed by atoms with van der Waals surface area (Å²) in [4.78, 5) is 8.89. The first-order chi connectivity index (χ1) is 6.57. The van der Waals surface area contributed by atoms with E-state index in [2.05, 4.69) is 0 Å². The molecule has 0 aliphatic carbocycles. The highest BCUT2D eigenvalue weighted by atomic mass is 16.4. The van der Waals surface area contributed by atoms with Crippen LogP contribution in [-0.2, 0) is 4.79 Å². The summed E-state index contributed by atoms with van der Waals surface area (Å²) in [5.74, 6) is -1.08.